The van der Waals surface area contributed by atoms with Crippen LogP contribution in [0.5, 0.6) is 0 Å². The zero-order valence-electron chi connectivity index (χ0n) is 22.7. The third kappa shape index (κ3) is 6.52. The highest BCUT2D eigenvalue weighted by Gasteiger charge is 2.74. The van der Waals surface area contributed by atoms with E-state index in [2.05, 4.69) is 15.4 Å². The largest absolute Gasteiger partial charge is 0.458 e. The summed E-state index contributed by atoms with van der Waals surface area (Å²) in [6, 6.07) is 5.41. The molecule has 1 aromatic rings. The molecule has 3 N–H and O–H groups in total. The maximum Gasteiger partial charge on any atom is 0.422 e. The van der Waals surface area contributed by atoms with Crippen LogP contribution < -0.4 is 10.6 Å². The van der Waals surface area contributed by atoms with Gasteiger partial charge in [-0.15, -0.1) is 0 Å². The van der Waals surface area contributed by atoms with Gasteiger partial charge in [0.1, 0.15) is 36.6 Å². The number of nitrogens with zero attached hydrogens (tertiary/aromatic N) is 1. The van der Waals surface area contributed by atoms with E-state index in [9.17, 15) is 32.3 Å². The SMILES string of the molecule is O=C(CCNC(=O)[C@@]12C[C@H]3OC(=O)[C@@H]1N(Cc1ccc(C=CC(=O)OCC(F)(F)F)cc1)O[C@@H]2[C@H]1OCO[C@H]13)NCCO. The summed E-state index contributed by atoms with van der Waals surface area (Å²) in [5.41, 5.74) is -0.237. The lowest BCUT2D eigenvalue weighted by molar-refractivity contribution is -0.201. The summed E-state index contributed by atoms with van der Waals surface area (Å²) in [6.45, 7) is -1.84. The van der Waals surface area contributed by atoms with Crippen molar-refractivity contribution < 1.29 is 61.2 Å². The number of hydrogen-bond acceptors (Lipinski definition) is 11. The molecule has 0 spiro atoms. The van der Waals surface area contributed by atoms with E-state index < -0.39 is 66.5 Å². The highest BCUT2D eigenvalue weighted by atomic mass is 19.4. The molecule has 5 rings (SSSR count). The van der Waals surface area contributed by atoms with Gasteiger partial charge in [0, 0.05) is 32.0 Å². The van der Waals surface area contributed by atoms with Gasteiger partial charge in [-0.1, -0.05) is 24.3 Å². The van der Waals surface area contributed by atoms with Gasteiger partial charge in [-0.05, 0) is 17.2 Å². The summed E-state index contributed by atoms with van der Waals surface area (Å²) in [5, 5.41) is 15.5. The molecule has 43 heavy (non-hydrogen) atoms. The summed E-state index contributed by atoms with van der Waals surface area (Å²) in [7, 11) is 0. The van der Waals surface area contributed by atoms with Crippen LogP contribution in [0.2, 0.25) is 0 Å². The zero-order chi connectivity index (χ0) is 30.8. The Bertz CT molecular complexity index is 1260. The number of benzene rings is 1. The molecule has 234 valence electrons. The standard InChI is InChI=1S/C27H30F3N3O10/c28-27(29,30)13-39-19(36)6-5-15-1-3-16(4-2-15)12-33-22-24(37)42-17-11-26(22,23(43-33)21-20(17)40-14-41-21)25(38)32-8-7-18(35)31-9-10-34/h1-6,17,20-23,34H,7-14H2,(H,31,35)(H,32,38)/t17-,20+,21+,22+,23-,26+/m1/s1. The molecule has 3 heterocycles. The topological polar surface area (TPSA) is 162 Å². The summed E-state index contributed by atoms with van der Waals surface area (Å²) in [6.07, 6.45) is -5.30. The Hall–Kier alpha value is -3.57. The molecule has 4 fully saturated rings. The van der Waals surface area contributed by atoms with Crippen LogP contribution in [-0.4, -0.2) is 104 Å². The van der Waals surface area contributed by atoms with Crippen molar-refractivity contribution in [1.82, 2.24) is 15.7 Å². The van der Waals surface area contributed by atoms with Gasteiger partial charge in [0.15, 0.2) is 12.6 Å². The molecular formula is C27H30F3N3O10. The van der Waals surface area contributed by atoms with Crippen LogP contribution in [0.15, 0.2) is 30.3 Å². The van der Waals surface area contributed by atoms with E-state index in [0.717, 1.165) is 6.08 Å². The van der Waals surface area contributed by atoms with Gasteiger partial charge in [-0.3, -0.25) is 19.2 Å². The van der Waals surface area contributed by atoms with E-state index in [1.165, 1.54) is 11.1 Å². The minimum Gasteiger partial charge on any atom is -0.458 e. The Morgan fingerprint density at radius 1 is 1.12 bits per heavy atom. The molecule has 0 aromatic heterocycles. The lowest BCUT2D eigenvalue weighted by Gasteiger charge is -2.48. The van der Waals surface area contributed by atoms with Gasteiger partial charge in [-0.2, -0.15) is 18.2 Å². The Morgan fingerprint density at radius 2 is 1.86 bits per heavy atom. The van der Waals surface area contributed by atoms with E-state index in [4.69, 9.17) is 24.2 Å². The quantitative estimate of drug-likeness (QED) is 0.227. The molecule has 6 atom stereocenters. The van der Waals surface area contributed by atoms with Gasteiger partial charge in [0.25, 0.3) is 0 Å². The second-order valence-corrected chi connectivity index (χ2v) is 10.5. The van der Waals surface area contributed by atoms with Crippen molar-refractivity contribution in [3.63, 3.8) is 0 Å². The second-order valence-electron chi connectivity index (χ2n) is 10.5. The first kappa shape index (κ1) is 30.9. The summed E-state index contributed by atoms with van der Waals surface area (Å²) in [5.74, 6) is -2.66. The third-order valence-electron chi connectivity index (χ3n) is 7.67. The molecule has 4 aliphatic rings. The normalized spacial score (nSPS) is 29.7. The number of aliphatic hydroxyl groups is 1. The van der Waals surface area contributed by atoms with Gasteiger partial charge in [-0.25, -0.2) is 4.79 Å². The molecule has 1 saturated carbocycles. The molecule has 3 aliphatic heterocycles. The molecule has 0 radical (unpaired) electrons. The van der Waals surface area contributed by atoms with E-state index in [1.807, 2.05) is 0 Å². The number of hydroxylamine groups is 2. The lowest BCUT2D eigenvalue weighted by atomic mass is 9.62. The Morgan fingerprint density at radius 3 is 2.58 bits per heavy atom. The van der Waals surface area contributed by atoms with Crippen LogP contribution >= 0.6 is 0 Å². The molecule has 13 nitrogen and oxygen atoms in total. The van der Waals surface area contributed by atoms with Gasteiger partial charge in [0.2, 0.25) is 11.8 Å². The molecule has 1 aromatic carbocycles. The second kappa shape index (κ2) is 12.6. The van der Waals surface area contributed by atoms with Crippen molar-refractivity contribution in [2.75, 3.05) is 33.1 Å². The number of aliphatic hydroxyl groups excluding tert-OH is 1. The van der Waals surface area contributed by atoms with Crippen molar-refractivity contribution >= 4 is 29.8 Å². The fourth-order valence-corrected chi connectivity index (χ4v) is 5.85. The Labute approximate surface area is 243 Å². The molecule has 1 aliphatic carbocycles. The van der Waals surface area contributed by atoms with Gasteiger partial charge >= 0.3 is 18.1 Å². The summed E-state index contributed by atoms with van der Waals surface area (Å²) in [4.78, 5) is 56.9. The number of esters is 2. The van der Waals surface area contributed by atoms with E-state index in [-0.39, 0.29) is 51.8 Å². The smallest absolute Gasteiger partial charge is 0.422 e. The van der Waals surface area contributed by atoms with Crippen molar-refractivity contribution in [3.8, 4) is 0 Å². The van der Waals surface area contributed by atoms with Gasteiger partial charge in [0.05, 0.1) is 13.2 Å². The number of carbonyl (C=O) groups excluding carboxylic acids is 4. The third-order valence-corrected chi connectivity index (χ3v) is 7.67. The fourth-order valence-electron chi connectivity index (χ4n) is 5.85. The predicted molar refractivity (Wildman–Crippen MR) is 136 cm³/mol. The van der Waals surface area contributed by atoms with E-state index >= 15 is 0 Å². The number of halogens is 3. The number of fused-ring (bicyclic) bond motifs is 4. The first-order valence-electron chi connectivity index (χ1n) is 13.6. The van der Waals surface area contributed by atoms with Crippen molar-refractivity contribution in [1.29, 1.82) is 0 Å². The van der Waals surface area contributed by atoms with Crippen LogP contribution in [0.25, 0.3) is 6.08 Å². The molecule has 2 amide bonds. The highest BCUT2D eigenvalue weighted by molar-refractivity contribution is 5.94. The molecule has 3 saturated heterocycles. The summed E-state index contributed by atoms with van der Waals surface area (Å²) < 4.78 is 57.9. The average molecular weight is 614 g/mol. The lowest BCUT2D eigenvalue weighted by Crippen LogP contribution is -2.69. The highest BCUT2D eigenvalue weighted by Crippen LogP contribution is 2.55. The van der Waals surface area contributed by atoms with E-state index in [1.54, 1.807) is 24.3 Å². The van der Waals surface area contributed by atoms with Crippen LogP contribution in [0.1, 0.15) is 24.0 Å². The van der Waals surface area contributed by atoms with Crippen LogP contribution in [0.4, 0.5) is 13.2 Å². The number of alkyl halides is 3. The van der Waals surface area contributed by atoms with Crippen molar-refractivity contribution in [2.24, 2.45) is 5.41 Å². The summed E-state index contributed by atoms with van der Waals surface area (Å²) >= 11 is 0. The first-order chi connectivity index (χ1) is 20.5. The number of hydrogen-bond donors (Lipinski definition) is 3. The Kier molecular flexibility index (Phi) is 9.03. The van der Waals surface area contributed by atoms with Gasteiger partial charge < -0.3 is 34.7 Å². The number of rotatable bonds is 11. The molecular weight excluding hydrogens is 583 g/mol. The number of ether oxygens (including phenoxy) is 4. The monoisotopic (exact) mass is 613 g/mol. The van der Waals surface area contributed by atoms with Crippen molar-refractivity contribution in [3.05, 3.63) is 41.5 Å². The van der Waals surface area contributed by atoms with Crippen LogP contribution in [0.3, 0.4) is 0 Å². The maximum atomic E-state index is 13.8. The predicted octanol–water partition coefficient (Wildman–Crippen LogP) is -0.0385. The maximum absolute atomic E-state index is 13.8. The minimum absolute atomic E-state index is 0.0127. The number of nitrogens with one attached hydrogen (secondary N) is 2. The molecule has 2 bridgehead atoms. The number of amides is 2. The molecule has 16 heteroatoms. The fraction of sp³-hybridized carbons (Fsp3) is 0.556. The van der Waals surface area contributed by atoms with Crippen LogP contribution in [-0.2, 0) is 49.5 Å². The average Bonchev–Trinajstić information content (AvgIpc) is 3.59. The minimum atomic E-state index is -4.62. The molecule has 0 unspecified atom stereocenters. The van der Waals surface area contributed by atoms with Crippen molar-refractivity contribution in [2.45, 2.75) is 56.0 Å². The zero-order valence-corrected chi connectivity index (χ0v) is 22.7. The van der Waals surface area contributed by atoms with E-state index in [0.29, 0.717) is 11.1 Å². The number of carbonyl (C=O) groups is 4. The Balaban J connectivity index is 1.30. The van der Waals surface area contributed by atoms with Crippen LogP contribution in [0, 0.1) is 5.41 Å². The first-order valence-corrected chi connectivity index (χ1v) is 13.6.